The minimum Gasteiger partial charge on any atom is -0.261 e. The second-order valence-corrected chi connectivity index (χ2v) is 7.02. The van der Waals surface area contributed by atoms with E-state index < -0.39 is 9.84 Å². The Morgan fingerprint density at radius 3 is 2.40 bits per heavy atom. The second-order valence-electron chi connectivity index (χ2n) is 4.91. The van der Waals surface area contributed by atoms with Crippen molar-refractivity contribution in [1.29, 1.82) is 0 Å². The van der Waals surface area contributed by atoms with E-state index in [0.717, 1.165) is 24.1 Å². The summed E-state index contributed by atoms with van der Waals surface area (Å²) in [6.45, 7) is 1.95. The van der Waals surface area contributed by atoms with Gasteiger partial charge in [0.1, 0.15) is 0 Å². The Hall–Kier alpha value is -1.68. The van der Waals surface area contributed by atoms with Crippen LogP contribution in [0.3, 0.4) is 0 Å². The van der Waals surface area contributed by atoms with Gasteiger partial charge in [-0.05, 0) is 50.5 Å². The first-order valence-electron chi connectivity index (χ1n) is 6.77. The Balaban J connectivity index is 1.85. The van der Waals surface area contributed by atoms with Crippen molar-refractivity contribution in [2.45, 2.75) is 31.1 Å². The molecule has 1 aromatic heterocycles. The van der Waals surface area contributed by atoms with E-state index in [-0.39, 0.29) is 5.75 Å². The molecule has 0 fully saturated rings. The Morgan fingerprint density at radius 1 is 1.00 bits per heavy atom. The SMILES string of the molecule is Cc1ccc(S(=O)(=O)CCCCc2ccccn2)cc1. The number of pyridine rings is 1. The molecular weight excluding hydrogens is 270 g/mol. The molecule has 0 aliphatic heterocycles. The van der Waals surface area contributed by atoms with Crippen LogP contribution < -0.4 is 0 Å². The summed E-state index contributed by atoms with van der Waals surface area (Å²) in [4.78, 5) is 4.65. The molecule has 0 unspecified atom stereocenters. The summed E-state index contributed by atoms with van der Waals surface area (Å²) in [6, 6.07) is 12.8. The monoisotopic (exact) mass is 289 g/mol. The quantitative estimate of drug-likeness (QED) is 0.767. The van der Waals surface area contributed by atoms with Gasteiger partial charge in [-0.1, -0.05) is 23.8 Å². The summed E-state index contributed by atoms with van der Waals surface area (Å²) in [7, 11) is -3.15. The molecule has 0 aliphatic carbocycles. The highest BCUT2D eigenvalue weighted by Crippen LogP contribution is 2.14. The number of rotatable bonds is 6. The molecule has 20 heavy (non-hydrogen) atoms. The molecule has 0 N–H and O–H groups in total. The number of unbranched alkanes of at least 4 members (excludes halogenated alkanes) is 1. The molecule has 4 heteroatoms. The van der Waals surface area contributed by atoms with E-state index in [1.54, 1.807) is 18.3 Å². The van der Waals surface area contributed by atoms with Crippen LogP contribution in [0.15, 0.2) is 53.6 Å². The molecule has 0 radical (unpaired) electrons. The highest BCUT2D eigenvalue weighted by Gasteiger charge is 2.13. The molecule has 3 nitrogen and oxygen atoms in total. The molecule has 0 spiro atoms. The van der Waals surface area contributed by atoms with Gasteiger partial charge in [-0.15, -0.1) is 0 Å². The lowest BCUT2D eigenvalue weighted by Gasteiger charge is -2.05. The van der Waals surface area contributed by atoms with Crippen molar-refractivity contribution < 1.29 is 8.42 Å². The van der Waals surface area contributed by atoms with Crippen LogP contribution in [-0.4, -0.2) is 19.2 Å². The fourth-order valence-electron chi connectivity index (χ4n) is 2.01. The van der Waals surface area contributed by atoms with Gasteiger partial charge < -0.3 is 0 Å². The summed E-state index contributed by atoms with van der Waals surface area (Å²) in [5.74, 6) is 0.197. The topological polar surface area (TPSA) is 47.0 Å². The molecule has 0 atom stereocenters. The third-order valence-corrected chi connectivity index (χ3v) is 5.02. The van der Waals surface area contributed by atoms with Crippen LogP contribution in [0.4, 0.5) is 0 Å². The van der Waals surface area contributed by atoms with Crippen LogP contribution in [0.25, 0.3) is 0 Å². The van der Waals surface area contributed by atoms with E-state index in [0.29, 0.717) is 11.3 Å². The molecular formula is C16H19NO2S. The van der Waals surface area contributed by atoms with E-state index in [1.807, 2.05) is 37.3 Å². The van der Waals surface area contributed by atoms with Crippen molar-refractivity contribution in [2.24, 2.45) is 0 Å². The van der Waals surface area contributed by atoms with Crippen LogP contribution in [0.2, 0.25) is 0 Å². The van der Waals surface area contributed by atoms with Crippen molar-refractivity contribution >= 4 is 9.84 Å². The van der Waals surface area contributed by atoms with Crippen molar-refractivity contribution in [1.82, 2.24) is 4.98 Å². The van der Waals surface area contributed by atoms with Crippen LogP contribution >= 0.6 is 0 Å². The fraction of sp³-hybridized carbons (Fsp3) is 0.312. The average molecular weight is 289 g/mol. The van der Waals surface area contributed by atoms with E-state index in [2.05, 4.69) is 4.98 Å². The van der Waals surface area contributed by atoms with Gasteiger partial charge in [-0.2, -0.15) is 0 Å². The van der Waals surface area contributed by atoms with E-state index in [4.69, 9.17) is 0 Å². The minimum atomic E-state index is -3.15. The lowest BCUT2D eigenvalue weighted by molar-refractivity contribution is 0.591. The van der Waals surface area contributed by atoms with Gasteiger partial charge >= 0.3 is 0 Å². The molecule has 106 valence electrons. The smallest absolute Gasteiger partial charge is 0.178 e. The number of aromatic nitrogens is 1. The van der Waals surface area contributed by atoms with Crippen molar-refractivity contribution in [2.75, 3.05) is 5.75 Å². The summed E-state index contributed by atoms with van der Waals surface area (Å²) in [6.07, 6.45) is 4.08. The zero-order valence-electron chi connectivity index (χ0n) is 11.6. The minimum absolute atomic E-state index is 0.197. The number of benzene rings is 1. The van der Waals surface area contributed by atoms with Crippen molar-refractivity contribution in [3.8, 4) is 0 Å². The largest absolute Gasteiger partial charge is 0.261 e. The highest BCUT2D eigenvalue weighted by molar-refractivity contribution is 7.91. The summed E-state index contributed by atoms with van der Waals surface area (Å²) in [5.41, 5.74) is 2.08. The first-order chi connectivity index (χ1) is 9.58. The molecule has 0 bridgehead atoms. The van der Waals surface area contributed by atoms with Gasteiger partial charge in [0.2, 0.25) is 0 Å². The maximum atomic E-state index is 12.1. The van der Waals surface area contributed by atoms with Gasteiger partial charge in [0, 0.05) is 11.9 Å². The normalized spacial score (nSPS) is 11.4. The first-order valence-corrected chi connectivity index (χ1v) is 8.42. The number of sulfone groups is 1. The average Bonchev–Trinajstić information content (AvgIpc) is 2.45. The third kappa shape index (κ3) is 4.17. The van der Waals surface area contributed by atoms with Gasteiger partial charge in [0.15, 0.2) is 9.84 Å². The van der Waals surface area contributed by atoms with Crippen LogP contribution in [0, 0.1) is 6.92 Å². The lowest BCUT2D eigenvalue weighted by atomic mass is 10.2. The molecule has 0 saturated carbocycles. The van der Waals surface area contributed by atoms with E-state index in [9.17, 15) is 8.42 Å². The van der Waals surface area contributed by atoms with Crippen LogP contribution in [0.5, 0.6) is 0 Å². The molecule has 1 aromatic carbocycles. The number of aryl methyl sites for hydroxylation is 2. The predicted molar refractivity (Wildman–Crippen MR) is 80.4 cm³/mol. The molecule has 0 amide bonds. The summed E-state index contributed by atoms with van der Waals surface area (Å²) in [5, 5.41) is 0. The maximum absolute atomic E-state index is 12.1. The molecule has 0 aliphatic rings. The Kier molecular flexibility index (Phi) is 4.90. The zero-order chi connectivity index (χ0) is 14.4. The van der Waals surface area contributed by atoms with Gasteiger partial charge in [0.05, 0.1) is 10.6 Å². The second kappa shape index (κ2) is 6.66. The lowest BCUT2D eigenvalue weighted by Crippen LogP contribution is -2.07. The first kappa shape index (κ1) is 14.7. The Morgan fingerprint density at radius 2 is 1.75 bits per heavy atom. The Bertz CT molecular complexity index is 634. The van der Waals surface area contributed by atoms with E-state index >= 15 is 0 Å². The van der Waals surface area contributed by atoms with Gasteiger partial charge in [0.25, 0.3) is 0 Å². The maximum Gasteiger partial charge on any atom is 0.178 e. The van der Waals surface area contributed by atoms with E-state index in [1.165, 1.54) is 0 Å². The zero-order valence-corrected chi connectivity index (χ0v) is 12.4. The number of nitrogens with zero attached hydrogens (tertiary/aromatic N) is 1. The highest BCUT2D eigenvalue weighted by atomic mass is 32.2. The standard InChI is InChI=1S/C16H19NO2S/c1-14-8-10-16(11-9-14)20(18,19)13-5-3-7-15-6-2-4-12-17-15/h2,4,6,8-12H,3,5,7,13H2,1H3. The third-order valence-electron chi connectivity index (χ3n) is 3.20. The van der Waals surface area contributed by atoms with Crippen LogP contribution in [0.1, 0.15) is 24.1 Å². The predicted octanol–water partition coefficient (Wildman–Crippen LogP) is 3.19. The molecule has 0 saturated heterocycles. The fourth-order valence-corrected chi connectivity index (χ4v) is 3.38. The Labute approximate surface area is 120 Å². The molecule has 2 rings (SSSR count). The number of hydrogen-bond acceptors (Lipinski definition) is 3. The van der Waals surface area contributed by atoms with Gasteiger partial charge in [-0.3, -0.25) is 4.98 Å². The van der Waals surface area contributed by atoms with Crippen LogP contribution in [-0.2, 0) is 16.3 Å². The van der Waals surface area contributed by atoms with Crippen molar-refractivity contribution in [3.05, 3.63) is 59.9 Å². The van der Waals surface area contributed by atoms with Gasteiger partial charge in [-0.25, -0.2) is 8.42 Å². The van der Waals surface area contributed by atoms with Crippen molar-refractivity contribution in [3.63, 3.8) is 0 Å². The summed E-state index contributed by atoms with van der Waals surface area (Å²) < 4.78 is 24.3. The number of hydrogen-bond donors (Lipinski definition) is 0. The molecule has 1 heterocycles. The summed E-state index contributed by atoms with van der Waals surface area (Å²) >= 11 is 0. The molecule has 2 aromatic rings.